The minimum atomic E-state index is -0.195. The van der Waals surface area contributed by atoms with Gasteiger partial charge in [-0.25, -0.2) is 0 Å². The smallest absolute Gasteiger partial charge is 0.306 e. The fraction of sp³-hybridized carbons (Fsp3) is 0.800. The predicted octanol–water partition coefficient (Wildman–Crippen LogP) is 0.399. The quantitative estimate of drug-likeness (QED) is 0.380. The molecular weight excluding hydrogens is 179 g/mol. The van der Waals surface area contributed by atoms with Crippen LogP contribution in [0.3, 0.4) is 0 Å². The third kappa shape index (κ3) is 9.17. The summed E-state index contributed by atoms with van der Waals surface area (Å²) in [6, 6.07) is 0. The summed E-state index contributed by atoms with van der Waals surface area (Å²) in [5.41, 5.74) is 0. The third-order valence-electron chi connectivity index (χ3n) is 0.670. The van der Waals surface area contributed by atoms with E-state index < -0.39 is 0 Å². The second-order valence-electron chi connectivity index (χ2n) is 1.42. The molecule has 1 radical (unpaired) electrons. The monoisotopic (exact) mass is 189 g/mol. The van der Waals surface area contributed by atoms with E-state index in [1.807, 2.05) is 0 Å². The second kappa shape index (κ2) is 10.2. The van der Waals surface area contributed by atoms with Crippen molar-refractivity contribution in [2.75, 3.05) is 18.1 Å². The molecule has 0 rings (SSSR count). The van der Waals surface area contributed by atoms with Gasteiger partial charge in [-0.3, -0.25) is 4.79 Å². The normalized spacial score (nSPS) is 8.20. The van der Waals surface area contributed by atoms with E-state index in [1.54, 1.807) is 0 Å². The van der Waals surface area contributed by atoms with Crippen molar-refractivity contribution >= 4 is 60.8 Å². The van der Waals surface area contributed by atoms with Gasteiger partial charge in [-0.1, -0.05) is 0 Å². The summed E-state index contributed by atoms with van der Waals surface area (Å²) in [5.74, 6) is 0.933. The van der Waals surface area contributed by atoms with E-state index in [2.05, 4.69) is 30.0 Å². The Balaban J connectivity index is 0. The molecule has 0 atom stereocenters. The van der Waals surface area contributed by atoms with Gasteiger partial charge in [-0.2, -0.15) is 25.3 Å². The van der Waals surface area contributed by atoms with Crippen LogP contribution in [0.15, 0.2) is 0 Å². The number of carbonyl (C=O) groups excluding carboxylic acids is 1. The molecule has 0 heterocycles. The van der Waals surface area contributed by atoms with Crippen molar-refractivity contribution in [1.29, 1.82) is 0 Å². The average molecular weight is 189 g/mol. The summed E-state index contributed by atoms with van der Waals surface area (Å²) in [7, 11) is 0. The molecule has 0 amide bonds. The molecule has 2 nitrogen and oxygen atoms in total. The first-order chi connectivity index (χ1) is 4.31. The number of esters is 1. The summed E-state index contributed by atoms with van der Waals surface area (Å²) in [6.07, 6.45) is 0.386. The summed E-state index contributed by atoms with van der Waals surface area (Å²) < 4.78 is 4.67. The Labute approximate surface area is 94.2 Å². The van der Waals surface area contributed by atoms with Gasteiger partial charge in [0.2, 0.25) is 0 Å². The molecule has 5 heteroatoms. The first kappa shape index (κ1) is 13.7. The van der Waals surface area contributed by atoms with E-state index >= 15 is 0 Å². The summed E-state index contributed by atoms with van der Waals surface area (Å²) in [4.78, 5) is 10.5. The summed E-state index contributed by atoms with van der Waals surface area (Å²) >= 11 is 7.73. The Morgan fingerprint density at radius 3 is 2.30 bits per heavy atom. The fourth-order valence-corrected chi connectivity index (χ4v) is 0.597. The molecule has 10 heavy (non-hydrogen) atoms. The van der Waals surface area contributed by atoms with E-state index in [-0.39, 0.29) is 35.5 Å². The molecule has 0 saturated heterocycles. The van der Waals surface area contributed by atoms with E-state index in [0.717, 1.165) is 0 Å². The van der Waals surface area contributed by atoms with Crippen molar-refractivity contribution in [2.45, 2.75) is 6.42 Å². The van der Waals surface area contributed by atoms with E-state index in [9.17, 15) is 4.79 Å². The standard InChI is InChI=1S/C5H10O2S2.Na/c6-5(1-3-8)7-2-4-9;/h8-9H,1-4H2;. The predicted molar refractivity (Wildman–Crippen MR) is 49.0 cm³/mol. The van der Waals surface area contributed by atoms with E-state index in [0.29, 0.717) is 24.5 Å². The fourth-order valence-electron chi connectivity index (χ4n) is 0.323. The first-order valence-corrected chi connectivity index (χ1v) is 3.95. The maximum atomic E-state index is 10.5. The van der Waals surface area contributed by atoms with Crippen LogP contribution in [0.1, 0.15) is 6.42 Å². The van der Waals surface area contributed by atoms with E-state index in [4.69, 9.17) is 0 Å². The minimum Gasteiger partial charge on any atom is -0.465 e. The number of rotatable bonds is 4. The van der Waals surface area contributed by atoms with Crippen molar-refractivity contribution < 1.29 is 9.53 Å². The van der Waals surface area contributed by atoms with Crippen LogP contribution in [0, 0.1) is 0 Å². The maximum Gasteiger partial charge on any atom is 0.306 e. The van der Waals surface area contributed by atoms with Gasteiger partial charge < -0.3 is 4.74 Å². The van der Waals surface area contributed by atoms with Crippen molar-refractivity contribution in [3.8, 4) is 0 Å². The third-order valence-corrected chi connectivity index (χ3v) is 1.08. The molecule has 0 N–H and O–H groups in total. The van der Waals surface area contributed by atoms with Gasteiger partial charge in [0.1, 0.15) is 6.61 Å². The first-order valence-electron chi connectivity index (χ1n) is 2.68. The molecule has 0 aromatic heterocycles. The molecule has 0 saturated carbocycles. The van der Waals surface area contributed by atoms with Gasteiger partial charge >= 0.3 is 5.97 Å². The molecule has 0 aliphatic carbocycles. The molecule has 0 aliphatic rings. The maximum absolute atomic E-state index is 10.5. The number of thiol groups is 2. The van der Waals surface area contributed by atoms with Gasteiger partial charge in [0.05, 0.1) is 6.42 Å². The number of carbonyl (C=O) groups is 1. The number of hydrogen-bond donors (Lipinski definition) is 2. The van der Waals surface area contributed by atoms with Crippen LogP contribution in [0.25, 0.3) is 0 Å². The van der Waals surface area contributed by atoms with E-state index in [1.165, 1.54) is 0 Å². The SMILES string of the molecule is O=C(CCS)OCCS.[Na]. The molecule has 0 bridgehead atoms. The number of ether oxygens (including phenoxy) is 1. The van der Waals surface area contributed by atoms with Gasteiger partial charge in [0.15, 0.2) is 0 Å². The second-order valence-corrected chi connectivity index (χ2v) is 2.31. The Kier molecular flexibility index (Phi) is 14.0. The summed E-state index contributed by atoms with van der Waals surface area (Å²) in [5, 5.41) is 0. The zero-order chi connectivity index (χ0) is 7.11. The minimum absolute atomic E-state index is 0. The van der Waals surface area contributed by atoms with Crippen molar-refractivity contribution in [3.63, 3.8) is 0 Å². The molecule has 0 unspecified atom stereocenters. The van der Waals surface area contributed by atoms with Crippen LogP contribution in [0.5, 0.6) is 0 Å². The van der Waals surface area contributed by atoms with Crippen LogP contribution in [-0.4, -0.2) is 53.6 Å². The Morgan fingerprint density at radius 2 is 1.90 bits per heavy atom. The topological polar surface area (TPSA) is 26.3 Å². The van der Waals surface area contributed by atoms with Gasteiger partial charge in [-0.05, 0) is 0 Å². The zero-order valence-corrected chi connectivity index (χ0v) is 9.83. The molecule has 0 aromatic carbocycles. The molecular formula is C5H10NaO2S2. The van der Waals surface area contributed by atoms with Crippen LogP contribution in [0.4, 0.5) is 0 Å². The summed E-state index contributed by atoms with van der Waals surface area (Å²) in [6.45, 7) is 0.399. The largest absolute Gasteiger partial charge is 0.465 e. The van der Waals surface area contributed by atoms with Gasteiger partial charge in [0, 0.05) is 41.1 Å². The molecule has 0 aromatic rings. The van der Waals surface area contributed by atoms with Crippen LogP contribution < -0.4 is 0 Å². The van der Waals surface area contributed by atoms with Crippen LogP contribution in [-0.2, 0) is 9.53 Å². The van der Waals surface area contributed by atoms with Crippen LogP contribution in [0.2, 0.25) is 0 Å². The van der Waals surface area contributed by atoms with Crippen molar-refractivity contribution in [1.82, 2.24) is 0 Å². The molecule has 0 fully saturated rings. The zero-order valence-electron chi connectivity index (χ0n) is 6.04. The molecule has 0 aliphatic heterocycles. The Hall–Kier alpha value is 1.17. The molecule has 0 spiro atoms. The average Bonchev–Trinajstić information content (AvgIpc) is 1.85. The van der Waals surface area contributed by atoms with Gasteiger partial charge in [0.25, 0.3) is 0 Å². The Bertz CT molecular complexity index is 89.7. The van der Waals surface area contributed by atoms with Gasteiger partial charge in [-0.15, -0.1) is 0 Å². The number of hydrogen-bond acceptors (Lipinski definition) is 4. The Morgan fingerprint density at radius 1 is 1.30 bits per heavy atom. The molecule has 55 valence electrons. The van der Waals surface area contributed by atoms with Crippen LogP contribution >= 0.6 is 25.3 Å². The van der Waals surface area contributed by atoms with Crippen molar-refractivity contribution in [2.24, 2.45) is 0 Å². The van der Waals surface area contributed by atoms with Crippen molar-refractivity contribution in [3.05, 3.63) is 0 Å².